The fourth-order valence-electron chi connectivity index (χ4n) is 7.67. The van der Waals surface area contributed by atoms with Crippen molar-refractivity contribution < 1.29 is 32.2 Å². The number of hydrogen-bond acceptors (Lipinski definition) is 9. The predicted molar refractivity (Wildman–Crippen MR) is 154 cm³/mol. The van der Waals surface area contributed by atoms with Gasteiger partial charge in [0.2, 0.25) is 11.8 Å². The first-order valence-electron chi connectivity index (χ1n) is 14.9. The summed E-state index contributed by atoms with van der Waals surface area (Å²) < 4.78 is 50.8. The summed E-state index contributed by atoms with van der Waals surface area (Å²) in [5.74, 6) is -0.833. The van der Waals surface area contributed by atoms with Gasteiger partial charge in [-0.25, -0.2) is 0 Å². The van der Waals surface area contributed by atoms with E-state index in [0.717, 1.165) is 12.8 Å². The van der Waals surface area contributed by atoms with Crippen molar-refractivity contribution in [2.75, 3.05) is 33.9 Å². The van der Waals surface area contributed by atoms with Crippen LogP contribution in [0.5, 0.6) is 0 Å². The van der Waals surface area contributed by atoms with Gasteiger partial charge in [0, 0.05) is 57.2 Å². The standard InChI is InChI=1S/C27H44ClF3N6O4S/c1-12-7-15(16-8-21(28)33-10-19(16)40-3)17(9-32-12)23(38)36-26-34-18-11-37(13(2)22(18)42-26)25(39)14-5-6-20(27(29,30)31)35-24(14)41-4/h12-22,24,26,32-35H,5-11H2,1-4H3,(H,36,38). The molecule has 0 radical (unpaired) electrons. The third kappa shape index (κ3) is 6.70. The average molecular weight is 641 g/mol. The van der Waals surface area contributed by atoms with E-state index in [1.807, 2.05) is 6.92 Å². The lowest BCUT2D eigenvalue weighted by atomic mass is 9.70. The number of likely N-dealkylation sites (tertiary alicyclic amines) is 1. The summed E-state index contributed by atoms with van der Waals surface area (Å²) >= 11 is 8.06. The van der Waals surface area contributed by atoms with E-state index in [-0.39, 0.29) is 76.8 Å². The third-order valence-electron chi connectivity index (χ3n) is 9.95. The summed E-state index contributed by atoms with van der Waals surface area (Å²) in [6.45, 7) is 5.76. The monoisotopic (exact) mass is 640 g/mol. The number of rotatable bonds is 6. The molecule has 5 rings (SSSR count). The summed E-state index contributed by atoms with van der Waals surface area (Å²) in [7, 11) is 3.03. The zero-order valence-corrected chi connectivity index (χ0v) is 26.0. The molecule has 5 saturated heterocycles. The second kappa shape index (κ2) is 13.2. The maximum absolute atomic E-state index is 13.7. The molecule has 0 saturated carbocycles. The van der Waals surface area contributed by atoms with Crippen LogP contribution in [0.2, 0.25) is 0 Å². The summed E-state index contributed by atoms with van der Waals surface area (Å²) in [5, 5.41) is 15.9. The Morgan fingerprint density at radius 1 is 1.00 bits per heavy atom. The van der Waals surface area contributed by atoms with Crippen LogP contribution in [0.3, 0.4) is 0 Å². The van der Waals surface area contributed by atoms with Gasteiger partial charge in [0.05, 0.1) is 23.4 Å². The van der Waals surface area contributed by atoms with Gasteiger partial charge in [-0.15, -0.1) is 23.4 Å². The van der Waals surface area contributed by atoms with E-state index in [1.165, 1.54) is 7.11 Å². The van der Waals surface area contributed by atoms with Gasteiger partial charge in [-0.05, 0) is 51.4 Å². The number of methoxy groups -OCH3 is 2. The van der Waals surface area contributed by atoms with Crippen molar-refractivity contribution in [1.82, 2.24) is 31.5 Å². The van der Waals surface area contributed by atoms with Crippen molar-refractivity contribution in [2.24, 2.45) is 23.7 Å². The number of nitrogens with zero attached hydrogens (tertiary/aromatic N) is 1. The lowest BCUT2D eigenvalue weighted by Crippen LogP contribution is -2.59. The van der Waals surface area contributed by atoms with Gasteiger partial charge in [-0.3, -0.25) is 25.5 Å². The molecule has 0 aromatic heterocycles. The number of alkyl halides is 4. The molecule has 5 aliphatic heterocycles. The van der Waals surface area contributed by atoms with E-state index in [1.54, 1.807) is 23.8 Å². The number of thioether (sulfide) groups is 1. The SMILES string of the molecule is COC1CNC(Cl)CC1C1CC(C)NCC1C(=O)NC1NC2CN(C(=O)C3CCC(C(F)(F)F)NC3OC)C(C)C2S1. The van der Waals surface area contributed by atoms with Crippen LogP contribution in [-0.2, 0) is 19.1 Å². The Bertz CT molecular complexity index is 987. The number of nitrogens with one attached hydrogen (secondary N) is 5. The van der Waals surface area contributed by atoms with Gasteiger partial charge in [0.1, 0.15) is 17.8 Å². The fourth-order valence-corrected chi connectivity index (χ4v) is 9.45. The highest BCUT2D eigenvalue weighted by Crippen LogP contribution is 2.41. The van der Waals surface area contributed by atoms with E-state index in [2.05, 4.69) is 33.5 Å². The molecular weight excluding hydrogens is 597 g/mol. The topological polar surface area (TPSA) is 116 Å². The molecule has 0 aromatic rings. The summed E-state index contributed by atoms with van der Waals surface area (Å²) in [6.07, 6.45) is -3.86. The number of piperidine rings is 3. The van der Waals surface area contributed by atoms with Gasteiger partial charge in [0.25, 0.3) is 0 Å². The van der Waals surface area contributed by atoms with Crippen molar-refractivity contribution in [3.05, 3.63) is 0 Å². The minimum atomic E-state index is -4.39. The van der Waals surface area contributed by atoms with Crippen LogP contribution in [0.25, 0.3) is 0 Å². The Hall–Kier alpha value is -0.870. The molecule has 10 nitrogen and oxygen atoms in total. The van der Waals surface area contributed by atoms with Crippen LogP contribution in [0.4, 0.5) is 13.2 Å². The molecule has 0 bridgehead atoms. The number of amides is 2. The van der Waals surface area contributed by atoms with Crippen molar-refractivity contribution in [3.8, 4) is 0 Å². The number of halogens is 4. The molecule has 5 N–H and O–H groups in total. The van der Waals surface area contributed by atoms with E-state index in [4.69, 9.17) is 21.1 Å². The molecule has 0 aliphatic carbocycles. The van der Waals surface area contributed by atoms with E-state index in [9.17, 15) is 22.8 Å². The first-order valence-corrected chi connectivity index (χ1v) is 16.3. The molecule has 5 fully saturated rings. The largest absolute Gasteiger partial charge is 0.403 e. The maximum Gasteiger partial charge on any atom is 0.403 e. The van der Waals surface area contributed by atoms with Crippen LogP contribution in [0, 0.1) is 23.7 Å². The number of ether oxygens (including phenoxy) is 2. The Morgan fingerprint density at radius 3 is 2.43 bits per heavy atom. The van der Waals surface area contributed by atoms with Crippen LogP contribution >= 0.6 is 23.4 Å². The molecule has 2 amide bonds. The summed E-state index contributed by atoms with van der Waals surface area (Å²) in [5.41, 5.74) is -0.446. The number of carbonyl (C=O) groups is 2. The lowest BCUT2D eigenvalue weighted by Gasteiger charge is -2.45. The molecule has 5 heterocycles. The molecule has 0 aromatic carbocycles. The van der Waals surface area contributed by atoms with Gasteiger partial charge >= 0.3 is 6.18 Å². The molecule has 5 aliphatic rings. The average Bonchev–Trinajstić information content (AvgIpc) is 3.49. The highest BCUT2D eigenvalue weighted by Gasteiger charge is 2.53. The normalized spacial score (nSPS) is 44.6. The van der Waals surface area contributed by atoms with Crippen molar-refractivity contribution in [3.63, 3.8) is 0 Å². The van der Waals surface area contributed by atoms with E-state index in [0.29, 0.717) is 25.7 Å². The Kier molecular flexibility index (Phi) is 10.3. The van der Waals surface area contributed by atoms with E-state index >= 15 is 0 Å². The van der Waals surface area contributed by atoms with Gasteiger partial charge < -0.3 is 25.0 Å². The van der Waals surface area contributed by atoms with Crippen LogP contribution in [0.1, 0.15) is 39.5 Å². The van der Waals surface area contributed by atoms with Crippen LogP contribution in [0.15, 0.2) is 0 Å². The zero-order valence-electron chi connectivity index (χ0n) is 24.5. The Morgan fingerprint density at radius 2 is 1.76 bits per heavy atom. The number of carbonyl (C=O) groups excluding carboxylic acids is 2. The van der Waals surface area contributed by atoms with Crippen molar-refractivity contribution >= 4 is 35.2 Å². The second-order valence-corrected chi connectivity index (χ2v) is 14.3. The highest BCUT2D eigenvalue weighted by molar-refractivity contribution is 8.00. The lowest BCUT2D eigenvalue weighted by molar-refractivity contribution is -0.183. The predicted octanol–water partition coefficient (Wildman–Crippen LogP) is 1.40. The van der Waals surface area contributed by atoms with Gasteiger partial charge in [-0.2, -0.15) is 13.2 Å². The van der Waals surface area contributed by atoms with Crippen molar-refractivity contribution in [1.29, 1.82) is 0 Å². The second-order valence-electron chi connectivity index (χ2n) is 12.5. The van der Waals surface area contributed by atoms with E-state index < -0.39 is 24.4 Å². The molecule has 240 valence electrons. The summed E-state index contributed by atoms with van der Waals surface area (Å²) in [6, 6.07) is -1.58. The molecule has 0 spiro atoms. The van der Waals surface area contributed by atoms with Gasteiger partial charge in [0.15, 0.2) is 0 Å². The first kappa shape index (κ1) is 32.5. The molecule has 13 unspecified atom stereocenters. The highest BCUT2D eigenvalue weighted by atomic mass is 35.5. The number of hydrogen-bond donors (Lipinski definition) is 5. The Labute approximate surface area is 254 Å². The van der Waals surface area contributed by atoms with Gasteiger partial charge in [-0.1, -0.05) is 0 Å². The van der Waals surface area contributed by atoms with Crippen molar-refractivity contribution in [2.45, 2.75) is 98.5 Å². The molecule has 42 heavy (non-hydrogen) atoms. The Balaban J connectivity index is 1.18. The van der Waals surface area contributed by atoms with Crippen LogP contribution in [-0.4, -0.2) is 109 Å². The first-order chi connectivity index (χ1) is 19.9. The minimum Gasteiger partial charge on any atom is -0.380 e. The maximum atomic E-state index is 13.7. The minimum absolute atomic E-state index is 0.00951. The fraction of sp³-hybridized carbons (Fsp3) is 0.926. The zero-order chi connectivity index (χ0) is 30.3. The molecule has 13 atom stereocenters. The molecule has 15 heteroatoms. The summed E-state index contributed by atoms with van der Waals surface area (Å²) in [4.78, 5) is 28.9. The number of fused-ring (bicyclic) bond motifs is 1. The smallest absolute Gasteiger partial charge is 0.380 e. The quantitative estimate of drug-likeness (QED) is 0.217. The van der Waals surface area contributed by atoms with Crippen LogP contribution < -0.4 is 26.6 Å². The third-order valence-corrected chi connectivity index (χ3v) is 11.8. The molecular formula is C27H44ClF3N6O4S.